The molecule has 2 aromatic rings. The van der Waals surface area contributed by atoms with Gasteiger partial charge in [-0.3, -0.25) is 9.10 Å². The van der Waals surface area contributed by atoms with E-state index in [9.17, 15) is 13.2 Å². The van der Waals surface area contributed by atoms with Crippen LogP contribution < -0.4 is 14.9 Å². The molecule has 0 fully saturated rings. The van der Waals surface area contributed by atoms with Gasteiger partial charge >= 0.3 is 0 Å². The number of hydrogen-bond donors (Lipinski definition) is 2. The van der Waals surface area contributed by atoms with Gasteiger partial charge in [-0.1, -0.05) is 18.2 Å². The van der Waals surface area contributed by atoms with E-state index < -0.39 is 10.0 Å². The van der Waals surface area contributed by atoms with Gasteiger partial charge in [0.25, 0.3) is 15.9 Å². The van der Waals surface area contributed by atoms with E-state index in [1.807, 2.05) is 6.07 Å². The van der Waals surface area contributed by atoms with E-state index in [0.717, 1.165) is 13.0 Å². The lowest BCUT2D eigenvalue weighted by atomic mass is 10.1. The Balaban J connectivity index is 1.96. The lowest BCUT2D eigenvalue weighted by molar-refractivity contribution is -0.717. The first-order valence-electron chi connectivity index (χ1n) is 9.38. The molecule has 0 saturated carbocycles. The van der Waals surface area contributed by atoms with Crippen LogP contribution in [-0.4, -0.2) is 40.0 Å². The van der Waals surface area contributed by atoms with Gasteiger partial charge in [0.15, 0.2) is 0 Å². The van der Waals surface area contributed by atoms with Gasteiger partial charge in [0, 0.05) is 25.6 Å². The van der Waals surface area contributed by atoms with Crippen molar-refractivity contribution in [1.82, 2.24) is 5.32 Å². The fourth-order valence-electron chi connectivity index (χ4n) is 2.65. The standard InChI is InChI=1S/C21H29N3O3S/c1-21(2,3)23-16-8-15-22-20(25)17-11-13-19(14-12-17)28(26,27)24(4)18-9-6-5-7-10-18/h5-7,9-14,23H,8,15-16H2,1-4H3,(H,22,25)/p+1. The van der Waals surface area contributed by atoms with Gasteiger partial charge in [-0.2, -0.15) is 0 Å². The minimum absolute atomic E-state index is 0.148. The van der Waals surface area contributed by atoms with E-state index in [-0.39, 0.29) is 16.3 Å². The van der Waals surface area contributed by atoms with Crippen LogP contribution in [-0.2, 0) is 10.0 Å². The van der Waals surface area contributed by atoms with Gasteiger partial charge in [-0.25, -0.2) is 8.42 Å². The molecule has 28 heavy (non-hydrogen) atoms. The summed E-state index contributed by atoms with van der Waals surface area (Å²) in [7, 11) is -2.16. The average molecular weight is 405 g/mol. The summed E-state index contributed by atoms with van der Waals surface area (Å²) in [5.41, 5.74) is 1.20. The van der Waals surface area contributed by atoms with Crippen LogP contribution in [0, 0.1) is 0 Å². The molecule has 0 bridgehead atoms. The summed E-state index contributed by atoms with van der Waals surface area (Å²) >= 11 is 0. The molecule has 7 heteroatoms. The Morgan fingerprint density at radius 2 is 1.64 bits per heavy atom. The van der Waals surface area contributed by atoms with Crippen molar-refractivity contribution in [2.75, 3.05) is 24.4 Å². The number of quaternary nitrogens is 1. The van der Waals surface area contributed by atoms with E-state index in [4.69, 9.17) is 0 Å². The monoisotopic (exact) mass is 404 g/mol. The summed E-state index contributed by atoms with van der Waals surface area (Å²) in [6.45, 7) is 7.97. The number of benzene rings is 2. The van der Waals surface area contributed by atoms with Crippen molar-refractivity contribution in [3.05, 3.63) is 60.2 Å². The summed E-state index contributed by atoms with van der Waals surface area (Å²) in [5, 5.41) is 5.11. The summed E-state index contributed by atoms with van der Waals surface area (Å²) in [5.74, 6) is -0.198. The Morgan fingerprint density at radius 3 is 2.21 bits per heavy atom. The molecule has 0 aliphatic carbocycles. The number of nitrogens with one attached hydrogen (secondary N) is 1. The largest absolute Gasteiger partial charge is 0.352 e. The zero-order chi connectivity index (χ0) is 20.8. The smallest absolute Gasteiger partial charge is 0.264 e. The van der Waals surface area contributed by atoms with Crippen molar-refractivity contribution in [2.45, 2.75) is 37.6 Å². The van der Waals surface area contributed by atoms with E-state index in [1.165, 1.54) is 23.5 Å². The van der Waals surface area contributed by atoms with Crippen LogP contribution in [0.3, 0.4) is 0 Å². The Kier molecular flexibility index (Phi) is 7.21. The molecule has 0 aliphatic heterocycles. The summed E-state index contributed by atoms with van der Waals surface area (Å²) in [6.07, 6.45) is 0.872. The van der Waals surface area contributed by atoms with Crippen molar-refractivity contribution in [2.24, 2.45) is 0 Å². The molecule has 2 aromatic carbocycles. The van der Waals surface area contributed by atoms with Gasteiger partial charge in [0.1, 0.15) is 0 Å². The summed E-state index contributed by atoms with van der Waals surface area (Å²) in [4.78, 5) is 12.4. The van der Waals surface area contributed by atoms with Crippen molar-refractivity contribution < 1.29 is 18.5 Å². The molecule has 0 aliphatic rings. The number of nitrogens with zero attached hydrogens (tertiary/aromatic N) is 1. The van der Waals surface area contributed by atoms with E-state index in [1.54, 1.807) is 36.4 Å². The highest BCUT2D eigenvalue weighted by atomic mass is 32.2. The molecule has 152 valence electrons. The highest BCUT2D eigenvalue weighted by molar-refractivity contribution is 7.92. The van der Waals surface area contributed by atoms with Gasteiger partial charge in [-0.15, -0.1) is 0 Å². The van der Waals surface area contributed by atoms with Crippen LogP contribution in [0.4, 0.5) is 5.69 Å². The second kappa shape index (κ2) is 9.21. The molecular weight excluding hydrogens is 374 g/mol. The van der Waals surface area contributed by atoms with Crippen LogP contribution in [0.2, 0.25) is 0 Å². The third kappa shape index (κ3) is 6.07. The molecule has 1 amide bonds. The molecule has 6 nitrogen and oxygen atoms in total. The first kappa shape index (κ1) is 21.9. The van der Waals surface area contributed by atoms with Gasteiger partial charge < -0.3 is 10.6 Å². The molecule has 0 atom stereocenters. The fraction of sp³-hybridized carbons (Fsp3) is 0.381. The number of anilines is 1. The Bertz CT molecular complexity index is 873. The number of rotatable bonds is 8. The second-order valence-electron chi connectivity index (χ2n) is 7.80. The average Bonchev–Trinajstić information content (AvgIpc) is 2.67. The molecule has 3 N–H and O–H groups in total. The molecule has 0 radical (unpaired) electrons. The van der Waals surface area contributed by atoms with Crippen LogP contribution >= 0.6 is 0 Å². The fourth-order valence-corrected chi connectivity index (χ4v) is 3.85. The lowest BCUT2D eigenvalue weighted by Gasteiger charge is -2.19. The lowest BCUT2D eigenvalue weighted by Crippen LogP contribution is -2.94. The maximum Gasteiger partial charge on any atom is 0.264 e. The Labute approximate surface area is 168 Å². The number of hydrogen-bond acceptors (Lipinski definition) is 3. The molecule has 0 unspecified atom stereocenters. The number of carbonyl (C=O) groups excluding carboxylic acids is 1. The van der Waals surface area contributed by atoms with E-state index >= 15 is 0 Å². The SMILES string of the molecule is CN(c1ccccc1)S(=O)(=O)c1ccc(C(=O)NCCC[NH2+]C(C)(C)C)cc1. The molecule has 0 saturated heterocycles. The molecule has 0 spiro atoms. The first-order valence-corrected chi connectivity index (χ1v) is 10.8. The van der Waals surface area contributed by atoms with Crippen molar-refractivity contribution in [1.29, 1.82) is 0 Å². The third-order valence-electron chi connectivity index (χ3n) is 4.32. The summed E-state index contributed by atoms with van der Waals surface area (Å²) < 4.78 is 26.8. The maximum atomic E-state index is 12.8. The number of nitrogens with two attached hydrogens (primary N) is 1. The second-order valence-corrected chi connectivity index (χ2v) is 9.77. The highest BCUT2D eigenvalue weighted by Crippen LogP contribution is 2.21. The number of carbonyl (C=O) groups is 1. The third-order valence-corrected chi connectivity index (χ3v) is 6.12. The van der Waals surface area contributed by atoms with E-state index in [2.05, 4.69) is 31.4 Å². The zero-order valence-electron chi connectivity index (χ0n) is 17.0. The molecule has 0 aromatic heterocycles. The predicted octanol–water partition coefficient (Wildman–Crippen LogP) is 1.99. The van der Waals surface area contributed by atoms with Crippen molar-refractivity contribution in [3.63, 3.8) is 0 Å². The maximum absolute atomic E-state index is 12.8. The number of sulfonamides is 1. The van der Waals surface area contributed by atoms with Crippen LogP contribution in [0.15, 0.2) is 59.5 Å². The normalized spacial score (nSPS) is 11.9. The highest BCUT2D eigenvalue weighted by Gasteiger charge is 2.21. The van der Waals surface area contributed by atoms with Crippen molar-refractivity contribution in [3.8, 4) is 0 Å². The topological polar surface area (TPSA) is 83.1 Å². The molecule has 2 rings (SSSR count). The number of amides is 1. The Morgan fingerprint density at radius 1 is 1.04 bits per heavy atom. The zero-order valence-corrected chi connectivity index (χ0v) is 17.8. The van der Waals surface area contributed by atoms with Gasteiger partial charge in [-0.05, 0) is 57.2 Å². The molecular formula is C21H30N3O3S+. The van der Waals surface area contributed by atoms with Crippen LogP contribution in [0.25, 0.3) is 0 Å². The van der Waals surface area contributed by atoms with Gasteiger partial charge in [0.2, 0.25) is 0 Å². The quantitative estimate of drug-likeness (QED) is 0.660. The summed E-state index contributed by atoms with van der Waals surface area (Å²) in [6, 6.07) is 14.9. The van der Waals surface area contributed by atoms with Crippen LogP contribution in [0.1, 0.15) is 37.6 Å². The van der Waals surface area contributed by atoms with Gasteiger partial charge in [0.05, 0.1) is 22.7 Å². The number of para-hydroxylation sites is 1. The van der Waals surface area contributed by atoms with Crippen LogP contribution in [0.5, 0.6) is 0 Å². The molecule has 0 heterocycles. The predicted molar refractivity (Wildman–Crippen MR) is 112 cm³/mol. The minimum Gasteiger partial charge on any atom is -0.352 e. The first-order chi connectivity index (χ1) is 13.1. The van der Waals surface area contributed by atoms with E-state index in [0.29, 0.717) is 17.8 Å². The minimum atomic E-state index is -3.68. The van der Waals surface area contributed by atoms with Crippen molar-refractivity contribution >= 4 is 21.6 Å². The Hall–Kier alpha value is -2.38.